The first-order valence-corrected chi connectivity index (χ1v) is 6.31. The monoisotopic (exact) mass is 246 g/mol. The standard InChI is InChI=1S/C12H14N2O.C3H8/c1-10-7-13-14(8-10)9-11-3-5-12(15-2)6-4-11;1-3-2/h3-8H,9H2,1-2H3;3H2,1-2H3. The molecule has 0 atom stereocenters. The van der Waals surface area contributed by atoms with Gasteiger partial charge in [-0.3, -0.25) is 4.68 Å². The summed E-state index contributed by atoms with van der Waals surface area (Å²) in [5, 5.41) is 4.24. The van der Waals surface area contributed by atoms with Crippen molar-refractivity contribution in [1.82, 2.24) is 9.78 Å². The first kappa shape index (κ1) is 14.3. The molecule has 0 spiro atoms. The highest BCUT2D eigenvalue weighted by Gasteiger charge is 1.97. The van der Waals surface area contributed by atoms with E-state index in [1.165, 1.54) is 17.5 Å². The molecule has 2 aromatic rings. The molecule has 0 fully saturated rings. The number of hydrogen-bond acceptors (Lipinski definition) is 2. The fourth-order valence-corrected chi connectivity index (χ4v) is 1.47. The molecule has 0 radical (unpaired) electrons. The van der Waals surface area contributed by atoms with E-state index in [4.69, 9.17) is 4.74 Å². The van der Waals surface area contributed by atoms with E-state index in [1.807, 2.05) is 36.1 Å². The molecule has 2 rings (SSSR count). The third-order valence-corrected chi connectivity index (χ3v) is 2.27. The average Bonchev–Trinajstić information content (AvgIpc) is 2.77. The molecule has 98 valence electrons. The summed E-state index contributed by atoms with van der Waals surface area (Å²) < 4.78 is 7.03. The van der Waals surface area contributed by atoms with Gasteiger partial charge in [0.1, 0.15) is 5.75 Å². The molecule has 18 heavy (non-hydrogen) atoms. The van der Waals surface area contributed by atoms with E-state index >= 15 is 0 Å². The minimum atomic E-state index is 0.803. The first-order chi connectivity index (χ1) is 8.69. The Morgan fingerprint density at radius 3 is 2.22 bits per heavy atom. The Kier molecular flexibility index (Phi) is 5.98. The summed E-state index contributed by atoms with van der Waals surface area (Å²) in [6, 6.07) is 8.03. The number of methoxy groups -OCH3 is 1. The van der Waals surface area contributed by atoms with Crippen LogP contribution in [-0.2, 0) is 6.54 Å². The largest absolute Gasteiger partial charge is 0.497 e. The van der Waals surface area contributed by atoms with Crippen molar-refractivity contribution in [2.75, 3.05) is 7.11 Å². The molecule has 0 aliphatic heterocycles. The summed E-state index contributed by atoms with van der Waals surface area (Å²) in [7, 11) is 1.67. The minimum Gasteiger partial charge on any atom is -0.497 e. The normalized spacial score (nSPS) is 9.56. The molecule has 3 heteroatoms. The van der Waals surface area contributed by atoms with Crippen LogP contribution in [0.2, 0.25) is 0 Å². The van der Waals surface area contributed by atoms with E-state index in [9.17, 15) is 0 Å². The lowest BCUT2D eigenvalue weighted by Gasteiger charge is -2.03. The topological polar surface area (TPSA) is 27.1 Å². The Bertz CT molecular complexity index is 446. The van der Waals surface area contributed by atoms with Crippen LogP contribution < -0.4 is 4.74 Å². The van der Waals surface area contributed by atoms with Crippen molar-refractivity contribution in [3.8, 4) is 5.75 Å². The Morgan fingerprint density at radius 2 is 1.78 bits per heavy atom. The maximum atomic E-state index is 5.10. The van der Waals surface area contributed by atoms with Crippen molar-refractivity contribution < 1.29 is 4.74 Å². The predicted octanol–water partition coefficient (Wildman–Crippen LogP) is 3.66. The van der Waals surface area contributed by atoms with Crippen molar-refractivity contribution in [2.45, 2.75) is 33.7 Å². The number of benzene rings is 1. The van der Waals surface area contributed by atoms with Gasteiger partial charge in [-0.1, -0.05) is 32.4 Å². The van der Waals surface area contributed by atoms with Gasteiger partial charge in [-0.2, -0.15) is 5.10 Å². The van der Waals surface area contributed by atoms with E-state index in [2.05, 4.69) is 31.1 Å². The van der Waals surface area contributed by atoms with Gasteiger partial charge >= 0.3 is 0 Å². The molecule has 0 N–H and O–H groups in total. The zero-order valence-electron chi connectivity index (χ0n) is 11.7. The van der Waals surface area contributed by atoms with Crippen LogP contribution in [0, 0.1) is 6.92 Å². The van der Waals surface area contributed by atoms with Gasteiger partial charge in [0.25, 0.3) is 0 Å². The smallest absolute Gasteiger partial charge is 0.118 e. The van der Waals surface area contributed by atoms with Gasteiger partial charge < -0.3 is 4.74 Å². The summed E-state index contributed by atoms with van der Waals surface area (Å²) in [5.41, 5.74) is 2.41. The average molecular weight is 246 g/mol. The van der Waals surface area contributed by atoms with Crippen molar-refractivity contribution in [1.29, 1.82) is 0 Å². The number of aromatic nitrogens is 2. The van der Waals surface area contributed by atoms with Gasteiger partial charge in [-0.05, 0) is 30.2 Å². The van der Waals surface area contributed by atoms with Crippen LogP contribution in [0.15, 0.2) is 36.7 Å². The van der Waals surface area contributed by atoms with Gasteiger partial charge in [-0.15, -0.1) is 0 Å². The Balaban J connectivity index is 0.000000492. The minimum absolute atomic E-state index is 0.803. The molecule has 0 aliphatic carbocycles. The van der Waals surface area contributed by atoms with Crippen LogP contribution in [0.3, 0.4) is 0 Å². The highest BCUT2D eigenvalue weighted by atomic mass is 16.5. The maximum Gasteiger partial charge on any atom is 0.118 e. The highest BCUT2D eigenvalue weighted by molar-refractivity contribution is 5.27. The summed E-state index contributed by atoms with van der Waals surface area (Å²) in [6.45, 7) is 7.09. The molecule has 1 aromatic carbocycles. The lowest BCUT2D eigenvalue weighted by molar-refractivity contribution is 0.414. The molecule has 0 bridgehead atoms. The molecule has 3 nitrogen and oxygen atoms in total. The summed E-state index contributed by atoms with van der Waals surface area (Å²) in [4.78, 5) is 0. The summed E-state index contributed by atoms with van der Waals surface area (Å²) in [6.07, 6.45) is 5.15. The molecular weight excluding hydrogens is 224 g/mol. The fraction of sp³-hybridized carbons (Fsp3) is 0.400. The van der Waals surface area contributed by atoms with E-state index in [-0.39, 0.29) is 0 Å². The van der Waals surface area contributed by atoms with E-state index in [1.54, 1.807) is 7.11 Å². The second kappa shape index (κ2) is 7.54. The van der Waals surface area contributed by atoms with Gasteiger partial charge in [0.15, 0.2) is 0 Å². The molecule has 0 aliphatic rings. The van der Waals surface area contributed by atoms with Crippen LogP contribution in [0.5, 0.6) is 5.75 Å². The van der Waals surface area contributed by atoms with Crippen LogP contribution in [0.4, 0.5) is 0 Å². The third kappa shape index (κ3) is 4.62. The van der Waals surface area contributed by atoms with E-state index in [0.717, 1.165) is 12.3 Å². The number of aryl methyl sites for hydroxylation is 1. The molecule has 0 saturated carbocycles. The fourth-order valence-electron chi connectivity index (χ4n) is 1.47. The van der Waals surface area contributed by atoms with Crippen molar-refractivity contribution in [3.05, 3.63) is 47.8 Å². The zero-order valence-corrected chi connectivity index (χ0v) is 11.7. The Labute approximate surface area is 109 Å². The van der Waals surface area contributed by atoms with Crippen molar-refractivity contribution in [2.24, 2.45) is 0 Å². The molecule has 1 heterocycles. The Hall–Kier alpha value is -1.77. The second-order valence-corrected chi connectivity index (χ2v) is 4.27. The first-order valence-electron chi connectivity index (χ1n) is 6.31. The van der Waals surface area contributed by atoms with Gasteiger partial charge in [0, 0.05) is 6.20 Å². The highest BCUT2D eigenvalue weighted by Crippen LogP contribution is 2.12. The lowest BCUT2D eigenvalue weighted by Crippen LogP contribution is -1.99. The van der Waals surface area contributed by atoms with Crippen LogP contribution in [-0.4, -0.2) is 16.9 Å². The Morgan fingerprint density at radius 1 is 1.17 bits per heavy atom. The third-order valence-electron chi connectivity index (χ3n) is 2.27. The quantitative estimate of drug-likeness (QED) is 0.826. The van der Waals surface area contributed by atoms with Crippen LogP contribution >= 0.6 is 0 Å². The lowest BCUT2D eigenvalue weighted by atomic mass is 10.2. The van der Waals surface area contributed by atoms with Gasteiger partial charge in [0.2, 0.25) is 0 Å². The molecular formula is C15H22N2O. The molecule has 1 aromatic heterocycles. The summed E-state index contributed by atoms with van der Waals surface area (Å²) in [5.74, 6) is 0.885. The van der Waals surface area contributed by atoms with E-state index < -0.39 is 0 Å². The van der Waals surface area contributed by atoms with Crippen molar-refractivity contribution >= 4 is 0 Å². The van der Waals surface area contributed by atoms with Crippen LogP contribution in [0.1, 0.15) is 31.4 Å². The maximum absolute atomic E-state index is 5.10. The number of hydrogen-bond donors (Lipinski definition) is 0. The SMILES string of the molecule is CCC.COc1ccc(Cn2cc(C)cn2)cc1. The predicted molar refractivity (Wildman–Crippen MR) is 75.0 cm³/mol. The summed E-state index contributed by atoms with van der Waals surface area (Å²) >= 11 is 0. The second-order valence-electron chi connectivity index (χ2n) is 4.27. The van der Waals surface area contributed by atoms with Gasteiger partial charge in [-0.25, -0.2) is 0 Å². The van der Waals surface area contributed by atoms with Crippen molar-refractivity contribution in [3.63, 3.8) is 0 Å². The molecule has 0 saturated heterocycles. The number of rotatable bonds is 3. The molecule has 0 amide bonds. The molecule has 0 unspecified atom stereocenters. The number of nitrogens with zero attached hydrogens (tertiary/aromatic N) is 2. The zero-order chi connectivity index (χ0) is 13.4. The van der Waals surface area contributed by atoms with E-state index in [0.29, 0.717) is 0 Å². The number of ether oxygens (including phenoxy) is 1. The van der Waals surface area contributed by atoms with Gasteiger partial charge in [0.05, 0.1) is 19.9 Å². The van der Waals surface area contributed by atoms with Crippen LogP contribution in [0.25, 0.3) is 0 Å².